The van der Waals surface area contributed by atoms with E-state index in [0.717, 1.165) is 0 Å². The number of hydrogen-bond donors (Lipinski definition) is 0. The van der Waals surface area contributed by atoms with E-state index in [2.05, 4.69) is 14.7 Å². The Balaban J connectivity index is 2.77. The van der Waals surface area contributed by atoms with Gasteiger partial charge in [-0.1, -0.05) is 0 Å². The summed E-state index contributed by atoms with van der Waals surface area (Å²) in [6.07, 6.45) is 2.77. The maximum Gasteiger partial charge on any atom is 0.383 e. The molecule has 0 amide bonds. The molecule has 1 rings (SSSR count). The zero-order valence-corrected chi connectivity index (χ0v) is 5.43. The summed E-state index contributed by atoms with van der Waals surface area (Å²) in [7, 11) is 0. The van der Waals surface area contributed by atoms with Gasteiger partial charge in [0.2, 0.25) is 5.82 Å². The number of esters is 1. The van der Waals surface area contributed by atoms with E-state index >= 15 is 0 Å². The van der Waals surface area contributed by atoms with Crippen molar-refractivity contribution in [3.05, 3.63) is 24.3 Å². The number of carbonyl (C=O) groups excluding carboxylic acids is 2. The number of nitrogens with zero attached hydrogens (tertiary/aromatic N) is 2. The molecule has 0 spiro atoms. The lowest BCUT2D eigenvalue weighted by Crippen LogP contribution is -2.07. The van der Waals surface area contributed by atoms with Gasteiger partial charge in [-0.3, -0.25) is 4.79 Å². The Hall–Kier alpha value is -1.78. The molecule has 0 aliphatic rings. The molecule has 0 aliphatic heterocycles. The second kappa shape index (κ2) is 3.40. The zero-order chi connectivity index (χ0) is 8.10. The molecule has 11 heavy (non-hydrogen) atoms. The summed E-state index contributed by atoms with van der Waals surface area (Å²) >= 11 is 0. The molecule has 1 heterocycles. The van der Waals surface area contributed by atoms with Crippen molar-refractivity contribution in [2.24, 2.45) is 0 Å². The molecule has 0 saturated carbocycles. The van der Waals surface area contributed by atoms with Crippen LogP contribution in [0.2, 0.25) is 0 Å². The van der Waals surface area contributed by atoms with Crippen LogP contribution in [0.25, 0.3) is 0 Å². The van der Waals surface area contributed by atoms with Crippen molar-refractivity contribution in [1.82, 2.24) is 9.97 Å². The largest absolute Gasteiger partial charge is 0.389 e. The zero-order valence-electron chi connectivity index (χ0n) is 5.43. The highest BCUT2D eigenvalue weighted by Crippen LogP contribution is 1.88. The molecule has 0 N–H and O–H groups in total. The fourth-order valence-electron chi connectivity index (χ4n) is 0.501. The van der Waals surface area contributed by atoms with E-state index in [4.69, 9.17) is 0 Å². The summed E-state index contributed by atoms with van der Waals surface area (Å²) in [6.45, 7) is 0.0404. The van der Waals surface area contributed by atoms with Crippen LogP contribution < -0.4 is 0 Å². The van der Waals surface area contributed by atoms with Crippen molar-refractivity contribution in [2.45, 2.75) is 0 Å². The molecule has 0 aliphatic carbocycles. The maximum absolute atomic E-state index is 10.7. The minimum atomic E-state index is -0.847. The predicted octanol–water partition coefficient (Wildman–Crippen LogP) is -0.210. The topological polar surface area (TPSA) is 69.2 Å². The Labute approximate surface area is 62.0 Å². The van der Waals surface area contributed by atoms with Gasteiger partial charge in [0.05, 0.1) is 0 Å². The van der Waals surface area contributed by atoms with Gasteiger partial charge in [-0.15, -0.1) is 0 Å². The first-order valence-electron chi connectivity index (χ1n) is 2.76. The molecule has 0 fully saturated rings. The molecular formula is C6H4N2O3. The maximum atomic E-state index is 10.7. The van der Waals surface area contributed by atoms with E-state index in [1.807, 2.05) is 0 Å². The van der Waals surface area contributed by atoms with Crippen molar-refractivity contribution >= 4 is 12.4 Å². The Morgan fingerprint density at radius 3 is 2.64 bits per heavy atom. The van der Waals surface area contributed by atoms with Gasteiger partial charge < -0.3 is 4.74 Å². The fraction of sp³-hybridized carbons (Fsp3) is 0. The number of rotatable bonds is 2. The third kappa shape index (κ3) is 1.82. The van der Waals surface area contributed by atoms with Crippen LogP contribution in [-0.2, 0) is 9.53 Å². The average Bonchev–Trinajstić information content (AvgIpc) is 2.07. The fourth-order valence-corrected chi connectivity index (χ4v) is 0.501. The van der Waals surface area contributed by atoms with Crippen LogP contribution in [0.5, 0.6) is 0 Å². The standard InChI is InChI=1S/C6H4N2O3/c9-4-11-6(10)5-7-2-1-3-8-5/h1-4H. The molecular weight excluding hydrogens is 148 g/mol. The van der Waals surface area contributed by atoms with Gasteiger partial charge in [-0.05, 0) is 6.07 Å². The van der Waals surface area contributed by atoms with E-state index in [9.17, 15) is 9.59 Å². The van der Waals surface area contributed by atoms with Crippen LogP contribution in [0.15, 0.2) is 18.5 Å². The van der Waals surface area contributed by atoms with Crippen LogP contribution in [-0.4, -0.2) is 22.4 Å². The van der Waals surface area contributed by atoms with E-state index in [1.165, 1.54) is 12.4 Å². The quantitative estimate of drug-likeness (QED) is 0.333. The average molecular weight is 152 g/mol. The Kier molecular flexibility index (Phi) is 2.27. The van der Waals surface area contributed by atoms with Gasteiger partial charge in [-0.25, -0.2) is 14.8 Å². The molecule has 5 nitrogen and oxygen atoms in total. The highest BCUT2D eigenvalue weighted by atomic mass is 16.6. The van der Waals surface area contributed by atoms with Gasteiger partial charge >= 0.3 is 12.4 Å². The second-order valence-electron chi connectivity index (χ2n) is 1.57. The van der Waals surface area contributed by atoms with Gasteiger partial charge in [-0.2, -0.15) is 0 Å². The molecule has 0 bridgehead atoms. The molecule has 0 saturated heterocycles. The molecule has 0 unspecified atom stereocenters. The third-order valence-corrected chi connectivity index (χ3v) is 0.903. The lowest BCUT2D eigenvalue weighted by Gasteiger charge is -1.91. The second-order valence-corrected chi connectivity index (χ2v) is 1.57. The number of aromatic nitrogens is 2. The smallest absolute Gasteiger partial charge is 0.383 e. The lowest BCUT2D eigenvalue weighted by molar-refractivity contribution is -0.123. The molecule has 5 heteroatoms. The third-order valence-electron chi connectivity index (χ3n) is 0.903. The van der Waals surface area contributed by atoms with Crippen LogP contribution in [0, 0.1) is 0 Å². The first-order chi connectivity index (χ1) is 5.34. The first kappa shape index (κ1) is 7.33. The van der Waals surface area contributed by atoms with Crippen LogP contribution in [0.4, 0.5) is 0 Å². The number of hydrogen-bond acceptors (Lipinski definition) is 5. The van der Waals surface area contributed by atoms with E-state index < -0.39 is 5.97 Å². The van der Waals surface area contributed by atoms with Crippen molar-refractivity contribution in [2.75, 3.05) is 0 Å². The summed E-state index contributed by atoms with van der Waals surface area (Å²) in [6, 6.07) is 1.55. The molecule has 0 atom stereocenters. The van der Waals surface area contributed by atoms with Crippen molar-refractivity contribution in [1.29, 1.82) is 0 Å². The monoisotopic (exact) mass is 152 g/mol. The Morgan fingerprint density at radius 1 is 1.45 bits per heavy atom. The van der Waals surface area contributed by atoms with Gasteiger partial charge in [0.15, 0.2) is 0 Å². The summed E-state index contributed by atoms with van der Waals surface area (Å²) in [4.78, 5) is 27.5. The number of carbonyl (C=O) groups is 2. The summed E-state index contributed by atoms with van der Waals surface area (Å²) < 4.78 is 3.98. The van der Waals surface area contributed by atoms with Crippen molar-refractivity contribution in [3.8, 4) is 0 Å². The summed E-state index contributed by atoms with van der Waals surface area (Å²) in [5.74, 6) is -0.972. The van der Waals surface area contributed by atoms with Gasteiger partial charge in [0.25, 0.3) is 0 Å². The minimum Gasteiger partial charge on any atom is -0.389 e. The van der Waals surface area contributed by atoms with Gasteiger partial charge in [0.1, 0.15) is 0 Å². The molecule has 0 aromatic carbocycles. The predicted molar refractivity (Wildman–Crippen MR) is 33.5 cm³/mol. The summed E-state index contributed by atoms with van der Waals surface area (Å²) in [5.41, 5.74) is 0. The number of ether oxygens (including phenoxy) is 1. The van der Waals surface area contributed by atoms with E-state index in [0.29, 0.717) is 0 Å². The molecule has 0 radical (unpaired) electrons. The highest BCUT2D eigenvalue weighted by Gasteiger charge is 2.07. The minimum absolute atomic E-state index is 0.0404. The lowest BCUT2D eigenvalue weighted by atomic mass is 10.6. The normalized spacial score (nSPS) is 8.73. The van der Waals surface area contributed by atoms with Crippen molar-refractivity contribution in [3.63, 3.8) is 0 Å². The van der Waals surface area contributed by atoms with Crippen LogP contribution in [0.1, 0.15) is 10.6 Å². The van der Waals surface area contributed by atoms with Crippen LogP contribution >= 0.6 is 0 Å². The summed E-state index contributed by atoms with van der Waals surface area (Å²) in [5, 5.41) is 0. The van der Waals surface area contributed by atoms with E-state index in [-0.39, 0.29) is 12.3 Å². The molecule has 1 aromatic rings. The highest BCUT2D eigenvalue weighted by molar-refractivity contribution is 5.89. The Bertz CT molecular complexity index is 260. The van der Waals surface area contributed by atoms with Gasteiger partial charge in [0, 0.05) is 12.4 Å². The SMILES string of the molecule is O=COC(=O)c1ncccn1. The first-order valence-corrected chi connectivity index (χ1v) is 2.76. The Morgan fingerprint density at radius 2 is 2.09 bits per heavy atom. The van der Waals surface area contributed by atoms with Crippen LogP contribution in [0.3, 0.4) is 0 Å². The van der Waals surface area contributed by atoms with E-state index in [1.54, 1.807) is 6.07 Å². The van der Waals surface area contributed by atoms with Crippen molar-refractivity contribution < 1.29 is 14.3 Å². The molecule has 56 valence electrons. The molecule has 1 aromatic heterocycles.